The second-order valence-corrected chi connectivity index (χ2v) is 5.12. The van der Waals surface area contributed by atoms with Crippen LogP contribution in [0.5, 0.6) is 0 Å². The maximum atomic E-state index is 8.84. The molecular weight excluding hydrogens is 262 g/mol. The Bertz CT molecular complexity index is 376. The van der Waals surface area contributed by atoms with Gasteiger partial charge in [0.05, 0.1) is 11.6 Å². The van der Waals surface area contributed by atoms with E-state index in [0.29, 0.717) is 11.6 Å². The zero-order valence-corrected chi connectivity index (χ0v) is 12.1. The number of thioether (sulfide) groups is 1. The van der Waals surface area contributed by atoms with Gasteiger partial charge in [-0.1, -0.05) is 0 Å². The van der Waals surface area contributed by atoms with Crippen molar-refractivity contribution in [3.05, 3.63) is 10.6 Å². The predicted octanol–water partition coefficient (Wildman–Crippen LogP) is 2.13. The molecule has 2 atom stereocenters. The van der Waals surface area contributed by atoms with Crippen LogP contribution >= 0.6 is 11.8 Å². The summed E-state index contributed by atoms with van der Waals surface area (Å²) < 4.78 is 11.1. The second kappa shape index (κ2) is 8.82. The predicted molar refractivity (Wildman–Crippen MR) is 73.9 cm³/mol. The summed E-state index contributed by atoms with van der Waals surface area (Å²) in [4.78, 5) is 0. The number of hydrogen-bond donors (Lipinski definition) is 1. The molecule has 1 aliphatic heterocycles. The molecule has 1 fully saturated rings. The van der Waals surface area contributed by atoms with Crippen LogP contribution in [0.1, 0.15) is 26.2 Å². The molecule has 1 saturated heterocycles. The fourth-order valence-electron chi connectivity index (χ4n) is 1.72. The Hall–Kier alpha value is -1.21. The topological polar surface area (TPSA) is 78.1 Å². The van der Waals surface area contributed by atoms with Crippen molar-refractivity contribution >= 4 is 11.8 Å². The molecule has 0 aromatic heterocycles. The van der Waals surface area contributed by atoms with Crippen molar-refractivity contribution in [1.82, 2.24) is 5.32 Å². The summed E-state index contributed by atoms with van der Waals surface area (Å²) >= 11 is 1.35. The van der Waals surface area contributed by atoms with Crippen LogP contribution < -0.4 is 5.32 Å². The Balaban J connectivity index is 2.41. The zero-order chi connectivity index (χ0) is 14.1. The van der Waals surface area contributed by atoms with Gasteiger partial charge in [-0.25, -0.2) is 0 Å². The van der Waals surface area contributed by atoms with E-state index in [1.54, 1.807) is 0 Å². The summed E-state index contributed by atoms with van der Waals surface area (Å²) in [5, 5.41) is 21.4. The first-order valence-electron chi connectivity index (χ1n) is 6.29. The van der Waals surface area contributed by atoms with Gasteiger partial charge in [0.2, 0.25) is 0 Å². The number of nitrogens with one attached hydrogen (secondary N) is 1. The molecule has 0 saturated carbocycles. The second-order valence-electron chi connectivity index (χ2n) is 4.31. The maximum Gasteiger partial charge on any atom is 0.159 e. The van der Waals surface area contributed by atoms with Gasteiger partial charge in [-0.15, -0.1) is 11.8 Å². The molecule has 6 heteroatoms. The summed E-state index contributed by atoms with van der Waals surface area (Å²) in [7, 11) is 0. The molecule has 0 aliphatic carbocycles. The van der Waals surface area contributed by atoms with E-state index in [4.69, 9.17) is 20.0 Å². The summed E-state index contributed by atoms with van der Waals surface area (Å²) in [5.41, 5.74) is 0.105. The molecule has 0 amide bonds. The lowest BCUT2D eigenvalue weighted by molar-refractivity contribution is -0.164. The third kappa shape index (κ3) is 5.52. The number of nitriles is 2. The van der Waals surface area contributed by atoms with Gasteiger partial charge >= 0.3 is 0 Å². The molecule has 19 heavy (non-hydrogen) atoms. The molecule has 2 unspecified atom stereocenters. The third-order valence-electron chi connectivity index (χ3n) is 2.70. The van der Waals surface area contributed by atoms with Crippen LogP contribution in [-0.4, -0.2) is 31.8 Å². The third-order valence-corrected chi connectivity index (χ3v) is 3.43. The van der Waals surface area contributed by atoms with Gasteiger partial charge < -0.3 is 14.8 Å². The highest BCUT2D eigenvalue weighted by Crippen LogP contribution is 2.16. The summed E-state index contributed by atoms with van der Waals surface area (Å²) in [6, 6.07) is 3.78. The van der Waals surface area contributed by atoms with Gasteiger partial charge in [-0.2, -0.15) is 10.5 Å². The normalized spacial score (nSPS) is 19.9. The summed E-state index contributed by atoms with van der Waals surface area (Å²) in [6.45, 7) is 3.19. The first kappa shape index (κ1) is 15.8. The van der Waals surface area contributed by atoms with Gasteiger partial charge in [0, 0.05) is 12.6 Å². The molecule has 0 aromatic rings. The molecule has 1 rings (SSSR count). The number of rotatable bonds is 6. The Labute approximate surface area is 118 Å². The van der Waals surface area contributed by atoms with Crippen molar-refractivity contribution in [2.75, 3.05) is 19.5 Å². The lowest BCUT2D eigenvalue weighted by Gasteiger charge is -2.25. The van der Waals surface area contributed by atoms with Crippen LogP contribution in [0.15, 0.2) is 10.6 Å². The highest BCUT2D eigenvalue weighted by molar-refractivity contribution is 8.02. The molecule has 1 aliphatic rings. The van der Waals surface area contributed by atoms with Gasteiger partial charge in [0.25, 0.3) is 0 Å². The van der Waals surface area contributed by atoms with Crippen molar-refractivity contribution < 1.29 is 9.47 Å². The lowest BCUT2D eigenvalue weighted by Crippen LogP contribution is -2.33. The molecule has 1 N–H and O–H groups in total. The number of allylic oxidation sites excluding steroid dienone is 1. The average Bonchev–Trinajstić information content (AvgIpc) is 2.46. The Morgan fingerprint density at radius 2 is 2.21 bits per heavy atom. The van der Waals surface area contributed by atoms with Crippen molar-refractivity contribution in [1.29, 1.82) is 10.5 Å². The molecule has 0 bridgehead atoms. The standard InChI is InChI=1S/C13H19N3O2S/c1-10(9-18-12-5-3-4-6-17-12)16-13(19-2)11(7-14)8-15/h10,12,16H,3-6,9H2,1-2H3. The van der Waals surface area contributed by atoms with E-state index in [1.807, 2.05) is 25.3 Å². The largest absolute Gasteiger partial charge is 0.373 e. The fraction of sp³-hybridized carbons (Fsp3) is 0.692. The average molecular weight is 281 g/mol. The number of ether oxygens (including phenoxy) is 2. The van der Waals surface area contributed by atoms with Crippen molar-refractivity contribution in [3.63, 3.8) is 0 Å². The van der Waals surface area contributed by atoms with Crippen LogP contribution in [0, 0.1) is 22.7 Å². The van der Waals surface area contributed by atoms with Gasteiger partial charge in [-0.3, -0.25) is 0 Å². The van der Waals surface area contributed by atoms with E-state index in [1.165, 1.54) is 11.8 Å². The van der Waals surface area contributed by atoms with Gasteiger partial charge in [-0.05, 0) is 32.4 Å². The quantitative estimate of drug-likeness (QED) is 0.751. The maximum absolute atomic E-state index is 8.84. The van der Waals surface area contributed by atoms with E-state index in [9.17, 15) is 0 Å². The highest BCUT2D eigenvalue weighted by Gasteiger charge is 2.16. The smallest absolute Gasteiger partial charge is 0.159 e. The van der Waals surface area contributed by atoms with Gasteiger partial charge in [0.1, 0.15) is 12.1 Å². The Morgan fingerprint density at radius 3 is 2.74 bits per heavy atom. The van der Waals surface area contributed by atoms with Crippen molar-refractivity contribution in [3.8, 4) is 12.1 Å². The van der Waals surface area contributed by atoms with Crippen LogP contribution in [0.3, 0.4) is 0 Å². The lowest BCUT2D eigenvalue weighted by atomic mass is 10.2. The van der Waals surface area contributed by atoms with Gasteiger partial charge in [0.15, 0.2) is 11.9 Å². The molecular formula is C13H19N3O2S. The number of nitrogens with zero attached hydrogens (tertiary/aromatic N) is 2. The first-order chi connectivity index (χ1) is 9.21. The van der Waals surface area contributed by atoms with Crippen molar-refractivity contribution in [2.24, 2.45) is 0 Å². The molecule has 0 aromatic carbocycles. The summed E-state index contributed by atoms with van der Waals surface area (Å²) in [5.74, 6) is 0. The van der Waals surface area contributed by atoms with E-state index in [-0.39, 0.29) is 17.9 Å². The van der Waals surface area contributed by atoms with E-state index in [2.05, 4.69) is 5.32 Å². The SMILES string of the molecule is CSC(NC(C)COC1CCCCO1)=C(C#N)C#N. The number of hydrogen-bond acceptors (Lipinski definition) is 6. The van der Waals surface area contributed by atoms with Crippen LogP contribution in [0.4, 0.5) is 0 Å². The van der Waals surface area contributed by atoms with Crippen molar-refractivity contribution in [2.45, 2.75) is 38.5 Å². The summed E-state index contributed by atoms with van der Waals surface area (Å²) in [6.07, 6.45) is 4.87. The minimum absolute atomic E-state index is 0.0182. The molecule has 0 radical (unpaired) electrons. The first-order valence-corrected chi connectivity index (χ1v) is 7.52. The molecule has 5 nitrogen and oxygen atoms in total. The Morgan fingerprint density at radius 1 is 1.47 bits per heavy atom. The van der Waals surface area contributed by atoms with E-state index < -0.39 is 0 Å². The molecule has 0 spiro atoms. The van der Waals surface area contributed by atoms with Crippen LogP contribution in [0.25, 0.3) is 0 Å². The zero-order valence-electron chi connectivity index (χ0n) is 11.3. The van der Waals surface area contributed by atoms with E-state index >= 15 is 0 Å². The molecule has 104 valence electrons. The minimum Gasteiger partial charge on any atom is -0.373 e. The Kier molecular flexibility index (Phi) is 7.35. The molecule has 1 heterocycles. The van der Waals surface area contributed by atoms with Crippen LogP contribution in [-0.2, 0) is 9.47 Å². The minimum atomic E-state index is -0.119. The highest BCUT2D eigenvalue weighted by atomic mass is 32.2. The van der Waals surface area contributed by atoms with E-state index in [0.717, 1.165) is 25.9 Å². The fourth-order valence-corrected chi connectivity index (χ4v) is 2.33. The monoisotopic (exact) mass is 281 g/mol. The van der Waals surface area contributed by atoms with Crippen LogP contribution in [0.2, 0.25) is 0 Å².